The van der Waals surface area contributed by atoms with Crippen molar-refractivity contribution in [3.8, 4) is 5.75 Å². The highest BCUT2D eigenvalue weighted by Crippen LogP contribution is 2.29. The number of ether oxygens (including phenoxy) is 1. The van der Waals surface area contributed by atoms with Crippen molar-refractivity contribution in [3.05, 3.63) is 39.7 Å². The summed E-state index contributed by atoms with van der Waals surface area (Å²) in [7, 11) is 0. The van der Waals surface area contributed by atoms with E-state index >= 15 is 0 Å². The molecule has 0 saturated carbocycles. The van der Waals surface area contributed by atoms with E-state index in [1.807, 2.05) is 6.92 Å². The molecule has 112 valence electrons. The third kappa shape index (κ3) is 3.07. The van der Waals surface area contributed by atoms with E-state index in [-0.39, 0.29) is 0 Å². The van der Waals surface area contributed by atoms with Crippen LogP contribution < -0.4 is 10.4 Å². The van der Waals surface area contributed by atoms with Crippen LogP contribution in [0.2, 0.25) is 0 Å². The summed E-state index contributed by atoms with van der Waals surface area (Å²) in [6.07, 6.45) is 0.741. The molecule has 1 aromatic heterocycles. The fourth-order valence-electron chi connectivity index (χ4n) is 2.25. The second-order valence-electron chi connectivity index (χ2n) is 5.00. The number of carbonyl (C=O) groups is 1. The number of aryl methyl sites for hydroxylation is 2. The van der Waals surface area contributed by atoms with Crippen molar-refractivity contribution >= 4 is 16.9 Å². The van der Waals surface area contributed by atoms with Crippen LogP contribution >= 0.6 is 0 Å². The zero-order valence-electron chi connectivity index (χ0n) is 12.3. The second kappa shape index (κ2) is 5.99. The van der Waals surface area contributed by atoms with Crippen molar-refractivity contribution in [1.82, 2.24) is 0 Å². The van der Waals surface area contributed by atoms with Gasteiger partial charge in [0.05, 0.1) is 0 Å². The van der Waals surface area contributed by atoms with E-state index in [0.717, 1.165) is 23.8 Å². The maximum absolute atomic E-state index is 11.7. The molecule has 1 atom stereocenters. The third-order valence-electron chi connectivity index (χ3n) is 3.37. The lowest BCUT2D eigenvalue weighted by atomic mass is 10.0. The molecular formula is C16H18O5. The van der Waals surface area contributed by atoms with Gasteiger partial charge in [-0.1, -0.05) is 13.3 Å². The Hall–Kier alpha value is -2.30. The number of hydrogen-bond donors (Lipinski definition) is 1. The van der Waals surface area contributed by atoms with Gasteiger partial charge in [0.25, 0.3) is 0 Å². The first-order valence-corrected chi connectivity index (χ1v) is 6.89. The van der Waals surface area contributed by atoms with Crippen LogP contribution in [0.5, 0.6) is 5.75 Å². The van der Waals surface area contributed by atoms with Gasteiger partial charge in [0.15, 0.2) is 6.10 Å². The molecule has 0 amide bonds. The zero-order valence-corrected chi connectivity index (χ0v) is 12.3. The molecule has 21 heavy (non-hydrogen) atoms. The lowest BCUT2D eigenvalue weighted by molar-refractivity contribution is -0.144. The third-order valence-corrected chi connectivity index (χ3v) is 3.37. The Labute approximate surface area is 122 Å². The van der Waals surface area contributed by atoms with Crippen LogP contribution in [0, 0.1) is 6.92 Å². The predicted molar refractivity (Wildman–Crippen MR) is 78.9 cm³/mol. The second-order valence-corrected chi connectivity index (χ2v) is 5.00. The standard InChI is InChI=1S/C16H18O5/c1-4-5-11-8-14(17)21-15-9(2)13(7-6-12(11)15)20-10(3)16(18)19/h6-8,10H,4-5H2,1-3H3,(H,18,19)/t10-/m0/s1. The van der Waals surface area contributed by atoms with Gasteiger partial charge in [-0.3, -0.25) is 0 Å². The minimum absolute atomic E-state index is 0.405. The zero-order chi connectivity index (χ0) is 15.6. The van der Waals surface area contributed by atoms with Gasteiger partial charge in [0, 0.05) is 17.0 Å². The van der Waals surface area contributed by atoms with Crippen molar-refractivity contribution in [2.45, 2.75) is 39.7 Å². The molecule has 2 rings (SSSR count). The Morgan fingerprint density at radius 2 is 2.14 bits per heavy atom. The monoisotopic (exact) mass is 290 g/mol. The van der Waals surface area contributed by atoms with Crippen molar-refractivity contribution in [2.24, 2.45) is 0 Å². The van der Waals surface area contributed by atoms with E-state index in [1.54, 1.807) is 19.1 Å². The van der Waals surface area contributed by atoms with Crippen LogP contribution in [0.4, 0.5) is 0 Å². The van der Waals surface area contributed by atoms with Crippen LogP contribution in [-0.2, 0) is 11.2 Å². The Morgan fingerprint density at radius 3 is 2.76 bits per heavy atom. The average molecular weight is 290 g/mol. The maximum Gasteiger partial charge on any atom is 0.344 e. The number of carboxylic acids is 1. The fourth-order valence-corrected chi connectivity index (χ4v) is 2.25. The topological polar surface area (TPSA) is 76.7 Å². The molecule has 1 aromatic carbocycles. The summed E-state index contributed by atoms with van der Waals surface area (Å²) in [5.74, 6) is -0.634. The minimum Gasteiger partial charge on any atom is -0.479 e. The van der Waals surface area contributed by atoms with Crippen LogP contribution in [0.25, 0.3) is 11.0 Å². The van der Waals surface area contributed by atoms with Crippen molar-refractivity contribution in [3.63, 3.8) is 0 Å². The fraction of sp³-hybridized carbons (Fsp3) is 0.375. The van der Waals surface area contributed by atoms with Gasteiger partial charge in [-0.15, -0.1) is 0 Å². The van der Waals surface area contributed by atoms with E-state index in [2.05, 4.69) is 0 Å². The number of rotatable bonds is 5. The molecule has 1 N–H and O–H groups in total. The summed E-state index contributed by atoms with van der Waals surface area (Å²) in [5, 5.41) is 9.77. The Balaban J connectivity index is 2.56. The van der Waals surface area contributed by atoms with Gasteiger partial charge in [-0.25, -0.2) is 9.59 Å². The molecule has 0 fully saturated rings. The first kappa shape index (κ1) is 15.1. The highest BCUT2D eigenvalue weighted by molar-refractivity contribution is 5.85. The van der Waals surface area contributed by atoms with E-state index in [4.69, 9.17) is 14.3 Å². The molecule has 0 aliphatic heterocycles. The van der Waals surface area contributed by atoms with Crippen molar-refractivity contribution in [2.75, 3.05) is 0 Å². The first-order chi connectivity index (χ1) is 9.93. The molecule has 5 nitrogen and oxygen atoms in total. The SMILES string of the molecule is CCCc1cc(=O)oc2c(C)c(O[C@@H](C)C(=O)O)ccc12. The molecule has 0 aliphatic rings. The number of hydrogen-bond acceptors (Lipinski definition) is 4. The molecule has 2 aromatic rings. The van der Waals surface area contributed by atoms with Gasteiger partial charge in [0.1, 0.15) is 11.3 Å². The summed E-state index contributed by atoms with van der Waals surface area (Å²) >= 11 is 0. The average Bonchev–Trinajstić information content (AvgIpc) is 2.42. The molecule has 0 radical (unpaired) electrons. The highest BCUT2D eigenvalue weighted by atomic mass is 16.5. The van der Waals surface area contributed by atoms with E-state index in [0.29, 0.717) is 16.9 Å². The largest absolute Gasteiger partial charge is 0.479 e. The lowest BCUT2D eigenvalue weighted by Crippen LogP contribution is -2.23. The van der Waals surface area contributed by atoms with Gasteiger partial charge in [-0.2, -0.15) is 0 Å². The van der Waals surface area contributed by atoms with Gasteiger partial charge in [0.2, 0.25) is 0 Å². The van der Waals surface area contributed by atoms with Crippen LogP contribution in [0.1, 0.15) is 31.4 Å². The smallest absolute Gasteiger partial charge is 0.344 e. The van der Waals surface area contributed by atoms with Crippen molar-refractivity contribution in [1.29, 1.82) is 0 Å². The summed E-state index contributed by atoms with van der Waals surface area (Å²) in [4.78, 5) is 22.5. The predicted octanol–water partition coefficient (Wildman–Crippen LogP) is 2.91. The molecule has 0 unspecified atom stereocenters. The van der Waals surface area contributed by atoms with Crippen LogP contribution in [0.3, 0.4) is 0 Å². The minimum atomic E-state index is -1.05. The molecule has 0 saturated heterocycles. The van der Waals surface area contributed by atoms with E-state index < -0.39 is 17.7 Å². The molecule has 5 heteroatoms. The molecule has 0 aliphatic carbocycles. The summed E-state index contributed by atoms with van der Waals surface area (Å²) in [5.41, 5.74) is 1.62. The summed E-state index contributed by atoms with van der Waals surface area (Å²) in [6.45, 7) is 5.25. The van der Waals surface area contributed by atoms with Gasteiger partial charge >= 0.3 is 11.6 Å². The maximum atomic E-state index is 11.7. The van der Waals surface area contributed by atoms with Gasteiger partial charge < -0.3 is 14.3 Å². The van der Waals surface area contributed by atoms with Crippen LogP contribution in [0.15, 0.2) is 27.4 Å². The number of benzene rings is 1. The van der Waals surface area contributed by atoms with Crippen molar-refractivity contribution < 1.29 is 19.1 Å². The lowest BCUT2D eigenvalue weighted by Gasteiger charge is -2.14. The molecule has 1 heterocycles. The molecule has 0 bridgehead atoms. The number of fused-ring (bicyclic) bond motifs is 1. The number of aliphatic carboxylic acids is 1. The number of carboxylic acid groups (broad SMARTS) is 1. The quantitative estimate of drug-likeness (QED) is 0.857. The Morgan fingerprint density at radius 1 is 1.43 bits per heavy atom. The Bertz CT molecular complexity index is 729. The molecular weight excluding hydrogens is 272 g/mol. The summed E-state index contributed by atoms with van der Waals surface area (Å²) in [6, 6.07) is 5.03. The first-order valence-electron chi connectivity index (χ1n) is 6.89. The summed E-state index contributed by atoms with van der Waals surface area (Å²) < 4.78 is 10.7. The van der Waals surface area contributed by atoms with E-state index in [9.17, 15) is 9.59 Å². The van der Waals surface area contributed by atoms with Gasteiger partial charge in [-0.05, 0) is 38.0 Å². The van der Waals surface area contributed by atoms with E-state index in [1.165, 1.54) is 13.0 Å². The Kier molecular flexibility index (Phi) is 4.31. The highest BCUT2D eigenvalue weighted by Gasteiger charge is 2.16. The molecule has 0 spiro atoms. The normalized spacial score (nSPS) is 12.3. The van der Waals surface area contributed by atoms with Crippen LogP contribution in [-0.4, -0.2) is 17.2 Å².